The molecule has 0 bridgehead atoms. The predicted octanol–water partition coefficient (Wildman–Crippen LogP) is 2.18. The SMILES string of the molecule is CC(C)CC(C)(O)CNC(=O)c1ccc2c(c1)CCN2. The molecular formula is C16H24N2O2. The molecule has 110 valence electrons. The van der Waals surface area contributed by atoms with E-state index in [1.165, 1.54) is 5.56 Å². The van der Waals surface area contributed by atoms with Gasteiger partial charge < -0.3 is 15.7 Å². The van der Waals surface area contributed by atoms with E-state index in [1.807, 2.05) is 18.2 Å². The van der Waals surface area contributed by atoms with Crippen LogP contribution >= 0.6 is 0 Å². The van der Waals surface area contributed by atoms with Crippen LogP contribution in [0.2, 0.25) is 0 Å². The Labute approximate surface area is 120 Å². The van der Waals surface area contributed by atoms with Crippen LogP contribution in [0.15, 0.2) is 18.2 Å². The molecule has 1 aliphatic rings. The first-order valence-electron chi connectivity index (χ1n) is 7.25. The highest BCUT2D eigenvalue weighted by Crippen LogP contribution is 2.23. The molecule has 1 amide bonds. The first kappa shape index (κ1) is 14.9. The van der Waals surface area contributed by atoms with Crippen LogP contribution in [-0.2, 0) is 6.42 Å². The van der Waals surface area contributed by atoms with Crippen molar-refractivity contribution in [2.75, 3.05) is 18.4 Å². The Bertz CT molecular complexity index is 495. The Morgan fingerprint density at radius 2 is 2.25 bits per heavy atom. The second-order valence-electron chi connectivity index (χ2n) is 6.33. The molecule has 1 aromatic carbocycles. The van der Waals surface area contributed by atoms with Gasteiger partial charge in [-0.2, -0.15) is 0 Å². The average Bonchev–Trinajstić information content (AvgIpc) is 2.81. The van der Waals surface area contributed by atoms with Crippen LogP contribution in [0.3, 0.4) is 0 Å². The molecule has 1 unspecified atom stereocenters. The summed E-state index contributed by atoms with van der Waals surface area (Å²) in [6.07, 6.45) is 1.63. The Balaban J connectivity index is 1.95. The second-order valence-corrected chi connectivity index (χ2v) is 6.33. The zero-order valence-corrected chi connectivity index (χ0v) is 12.5. The molecule has 0 radical (unpaired) electrons. The first-order chi connectivity index (χ1) is 9.37. The lowest BCUT2D eigenvalue weighted by Crippen LogP contribution is -2.41. The van der Waals surface area contributed by atoms with Crippen LogP contribution in [0.4, 0.5) is 5.69 Å². The number of hydrogen-bond donors (Lipinski definition) is 3. The average molecular weight is 276 g/mol. The summed E-state index contributed by atoms with van der Waals surface area (Å²) < 4.78 is 0. The fraction of sp³-hybridized carbons (Fsp3) is 0.562. The molecule has 1 heterocycles. The van der Waals surface area contributed by atoms with Crippen LogP contribution in [0.5, 0.6) is 0 Å². The van der Waals surface area contributed by atoms with E-state index in [0.717, 1.165) is 18.7 Å². The smallest absolute Gasteiger partial charge is 0.251 e. The number of carbonyl (C=O) groups excluding carboxylic acids is 1. The van der Waals surface area contributed by atoms with E-state index in [-0.39, 0.29) is 12.5 Å². The van der Waals surface area contributed by atoms with Gasteiger partial charge in [0, 0.05) is 24.3 Å². The molecule has 0 spiro atoms. The molecule has 1 aromatic rings. The van der Waals surface area contributed by atoms with Crippen molar-refractivity contribution in [3.8, 4) is 0 Å². The minimum atomic E-state index is -0.859. The third-order valence-corrected chi connectivity index (χ3v) is 3.55. The number of rotatable bonds is 5. The van der Waals surface area contributed by atoms with Gasteiger partial charge in [0.2, 0.25) is 0 Å². The molecule has 3 N–H and O–H groups in total. The number of anilines is 1. The van der Waals surface area contributed by atoms with E-state index in [9.17, 15) is 9.90 Å². The number of benzene rings is 1. The summed E-state index contributed by atoms with van der Waals surface area (Å²) in [6, 6.07) is 5.70. The van der Waals surface area contributed by atoms with Crippen molar-refractivity contribution in [2.45, 2.75) is 39.2 Å². The van der Waals surface area contributed by atoms with Gasteiger partial charge in [0.15, 0.2) is 0 Å². The number of aliphatic hydroxyl groups is 1. The van der Waals surface area contributed by atoms with Crippen LogP contribution < -0.4 is 10.6 Å². The van der Waals surface area contributed by atoms with E-state index in [2.05, 4.69) is 24.5 Å². The lowest BCUT2D eigenvalue weighted by atomic mass is 9.94. The second kappa shape index (κ2) is 5.83. The lowest BCUT2D eigenvalue weighted by molar-refractivity contribution is 0.0368. The van der Waals surface area contributed by atoms with Crippen molar-refractivity contribution >= 4 is 11.6 Å². The molecule has 2 rings (SSSR count). The number of amides is 1. The van der Waals surface area contributed by atoms with Gasteiger partial charge in [-0.1, -0.05) is 13.8 Å². The molecule has 0 aromatic heterocycles. The summed E-state index contributed by atoms with van der Waals surface area (Å²) in [4.78, 5) is 12.1. The maximum absolute atomic E-state index is 12.1. The van der Waals surface area contributed by atoms with Crippen molar-refractivity contribution in [3.63, 3.8) is 0 Å². The van der Waals surface area contributed by atoms with Gasteiger partial charge in [0.05, 0.1) is 5.60 Å². The highest BCUT2D eigenvalue weighted by atomic mass is 16.3. The van der Waals surface area contributed by atoms with Crippen molar-refractivity contribution in [2.24, 2.45) is 5.92 Å². The van der Waals surface area contributed by atoms with Crippen molar-refractivity contribution in [3.05, 3.63) is 29.3 Å². The fourth-order valence-corrected chi connectivity index (χ4v) is 2.77. The maximum Gasteiger partial charge on any atom is 0.251 e. The van der Waals surface area contributed by atoms with Gasteiger partial charge in [-0.05, 0) is 49.4 Å². The summed E-state index contributed by atoms with van der Waals surface area (Å²) in [6.45, 7) is 7.09. The van der Waals surface area contributed by atoms with Crippen molar-refractivity contribution in [1.82, 2.24) is 5.32 Å². The van der Waals surface area contributed by atoms with E-state index < -0.39 is 5.60 Å². The van der Waals surface area contributed by atoms with E-state index in [4.69, 9.17) is 0 Å². The Hall–Kier alpha value is -1.55. The Morgan fingerprint density at radius 1 is 1.50 bits per heavy atom. The number of carbonyl (C=O) groups is 1. The largest absolute Gasteiger partial charge is 0.388 e. The summed E-state index contributed by atoms with van der Waals surface area (Å²) in [7, 11) is 0. The molecule has 4 heteroatoms. The molecular weight excluding hydrogens is 252 g/mol. The molecule has 0 fully saturated rings. The first-order valence-corrected chi connectivity index (χ1v) is 7.25. The quantitative estimate of drug-likeness (QED) is 0.772. The molecule has 4 nitrogen and oxygen atoms in total. The molecule has 0 saturated heterocycles. The third kappa shape index (κ3) is 3.73. The van der Waals surface area contributed by atoms with E-state index in [0.29, 0.717) is 17.9 Å². The highest BCUT2D eigenvalue weighted by molar-refractivity contribution is 5.95. The van der Waals surface area contributed by atoms with Gasteiger partial charge in [0.25, 0.3) is 5.91 Å². The van der Waals surface area contributed by atoms with Crippen LogP contribution in [0.1, 0.15) is 43.1 Å². The molecule has 20 heavy (non-hydrogen) atoms. The van der Waals surface area contributed by atoms with E-state index in [1.54, 1.807) is 6.92 Å². The lowest BCUT2D eigenvalue weighted by Gasteiger charge is -2.25. The maximum atomic E-state index is 12.1. The Morgan fingerprint density at radius 3 is 2.95 bits per heavy atom. The van der Waals surface area contributed by atoms with Crippen LogP contribution in [-0.4, -0.2) is 29.7 Å². The standard InChI is InChI=1S/C16H24N2O2/c1-11(2)9-16(3,20)10-18-15(19)13-4-5-14-12(8-13)6-7-17-14/h4-5,8,11,17,20H,6-7,9-10H2,1-3H3,(H,18,19). The van der Waals surface area contributed by atoms with Crippen molar-refractivity contribution in [1.29, 1.82) is 0 Å². The summed E-state index contributed by atoms with van der Waals surface area (Å²) in [5.41, 5.74) is 2.11. The van der Waals surface area contributed by atoms with Gasteiger partial charge in [-0.15, -0.1) is 0 Å². The predicted molar refractivity (Wildman–Crippen MR) is 81.0 cm³/mol. The molecule has 0 aliphatic carbocycles. The van der Waals surface area contributed by atoms with Crippen LogP contribution in [0.25, 0.3) is 0 Å². The van der Waals surface area contributed by atoms with Crippen molar-refractivity contribution < 1.29 is 9.90 Å². The van der Waals surface area contributed by atoms with E-state index >= 15 is 0 Å². The zero-order valence-electron chi connectivity index (χ0n) is 12.5. The molecule has 0 saturated carbocycles. The third-order valence-electron chi connectivity index (χ3n) is 3.55. The number of nitrogens with one attached hydrogen (secondary N) is 2. The molecule has 1 aliphatic heterocycles. The monoisotopic (exact) mass is 276 g/mol. The van der Waals surface area contributed by atoms with Gasteiger partial charge in [-0.3, -0.25) is 4.79 Å². The van der Waals surface area contributed by atoms with Gasteiger partial charge >= 0.3 is 0 Å². The summed E-state index contributed by atoms with van der Waals surface area (Å²) >= 11 is 0. The number of hydrogen-bond acceptors (Lipinski definition) is 3. The van der Waals surface area contributed by atoms with Gasteiger partial charge in [-0.25, -0.2) is 0 Å². The minimum absolute atomic E-state index is 0.122. The summed E-state index contributed by atoms with van der Waals surface area (Å²) in [5.74, 6) is 0.275. The fourth-order valence-electron chi connectivity index (χ4n) is 2.77. The summed E-state index contributed by atoms with van der Waals surface area (Å²) in [5, 5.41) is 16.3. The zero-order chi connectivity index (χ0) is 14.8. The highest BCUT2D eigenvalue weighted by Gasteiger charge is 2.23. The normalized spacial score (nSPS) is 16.4. The molecule has 1 atom stereocenters. The minimum Gasteiger partial charge on any atom is -0.388 e. The Kier molecular flexibility index (Phi) is 4.33. The van der Waals surface area contributed by atoms with Gasteiger partial charge in [0.1, 0.15) is 0 Å². The topological polar surface area (TPSA) is 61.4 Å². The number of fused-ring (bicyclic) bond motifs is 1. The van der Waals surface area contributed by atoms with Crippen LogP contribution in [0, 0.1) is 5.92 Å².